The molecule has 1 saturated heterocycles. The molecule has 4 aromatic rings. The van der Waals surface area contributed by atoms with Crippen molar-refractivity contribution in [1.82, 2.24) is 15.2 Å². The van der Waals surface area contributed by atoms with E-state index in [2.05, 4.69) is 15.6 Å². The second-order valence-corrected chi connectivity index (χ2v) is 12.7. The van der Waals surface area contributed by atoms with Crippen molar-refractivity contribution in [2.24, 2.45) is 0 Å². The number of ether oxygens (including phenoxy) is 1. The summed E-state index contributed by atoms with van der Waals surface area (Å²) < 4.78 is 27.5. The van der Waals surface area contributed by atoms with Gasteiger partial charge in [0.15, 0.2) is 0 Å². The quantitative estimate of drug-likeness (QED) is 0.233. The van der Waals surface area contributed by atoms with Crippen molar-refractivity contribution in [1.29, 1.82) is 0 Å². The van der Waals surface area contributed by atoms with Gasteiger partial charge in [-0.2, -0.15) is 0 Å². The third-order valence-electron chi connectivity index (χ3n) is 7.65. The van der Waals surface area contributed by atoms with Gasteiger partial charge in [-0.25, -0.2) is 9.78 Å². The molecular formula is C31H30N5O6S2-. The van der Waals surface area contributed by atoms with Gasteiger partial charge in [0.05, 0.1) is 22.4 Å². The average molecular weight is 633 g/mol. The van der Waals surface area contributed by atoms with Crippen molar-refractivity contribution in [3.8, 4) is 11.5 Å². The summed E-state index contributed by atoms with van der Waals surface area (Å²) >= 11 is -0.971. The highest BCUT2D eigenvalue weighted by molar-refractivity contribution is 7.79. The van der Waals surface area contributed by atoms with Gasteiger partial charge in [0.1, 0.15) is 21.2 Å². The van der Waals surface area contributed by atoms with Gasteiger partial charge in [-0.15, -0.1) is 11.3 Å². The summed E-state index contributed by atoms with van der Waals surface area (Å²) in [5, 5.41) is 6.65. The number of para-hydroxylation sites is 1. The van der Waals surface area contributed by atoms with Crippen LogP contribution in [-0.2, 0) is 15.9 Å². The largest absolute Gasteiger partial charge is 0.772 e. The second-order valence-electron chi connectivity index (χ2n) is 10.7. The number of rotatable bonds is 9. The third-order valence-corrected chi connectivity index (χ3v) is 9.37. The van der Waals surface area contributed by atoms with Crippen LogP contribution >= 0.6 is 11.3 Å². The van der Waals surface area contributed by atoms with Crippen LogP contribution in [0, 0.1) is 6.92 Å². The molecule has 13 heteroatoms. The third kappa shape index (κ3) is 6.16. The zero-order valence-corrected chi connectivity index (χ0v) is 25.5. The molecule has 2 N–H and O–H groups in total. The van der Waals surface area contributed by atoms with Crippen LogP contribution in [0.5, 0.6) is 11.5 Å². The zero-order valence-electron chi connectivity index (χ0n) is 23.9. The smallest absolute Gasteiger partial charge is 0.331 e. The molecule has 4 heterocycles. The number of piperidine rings is 1. The van der Waals surface area contributed by atoms with E-state index in [0.29, 0.717) is 63.2 Å². The molecule has 0 saturated carbocycles. The molecule has 2 aliphatic rings. The summed E-state index contributed by atoms with van der Waals surface area (Å²) in [4.78, 5) is 48.4. The number of hydrogen-bond donors (Lipinski definition) is 2. The Hall–Kier alpha value is -4.33. The van der Waals surface area contributed by atoms with Crippen LogP contribution in [0.25, 0.3) is 10.2 Å². The van der Waals surface area contributed by atoms with Crippen molar-refractivity contribution in [3.63, 3.8) is 0 Å². The van der Waals surface area contributed by atoms with Crippen LogP contribution in [0.4, 0.5) is 21.9 Å². The second kappa shape index (κ2) is 12.7. The topological polar surface area (TPSA) is 144 Å². The number of pyridine rings is 1. The monoisotopic (exact) mass is 632 g/mol. The molecule has 0 aliphatic carbocycles. The molecule has 1 unspecified atom stereocenters. The Labute approximate surface area is 260 Å². The highest BCUT2D eigenvalue weighted by atomic mass is 32.2. The lowest BCUT2D eigenvalue weighted by Gasteiger charge is -2.33. The molecule has 1 fully saturated rings. The van der Waals surface area contributed by atoms with Gasteiger partial charge >= 0.3 is 6.03 Å². The summed E-state index contributed by atoms with van der Waals surface area (Å²) in [5.74, 6) is 0.833. The van der Waals surface area contributed by atoms with Crippen LogP contribution in [0.15, 0.2) is 60.8 Å². The number of nitrogens with zero attached hydrogens (tertiary/aromatic N) is 3. The molecule has 0 bridgehead atoms. The SMILES string of the molecule is Cc1cc(Oc2ccccc2)ccc1N1C(=O)Nc2c(C(=O)N[C@@H]3CCCN(C(=O)CCCS(=O)[O-])C3)sc3nccc1c23. The van der Waals surface area contributed by atoms with E-state index in [1.807, 2.05) is 55.5 Å². The summed E-state index contributed by atoms with van der Waals surface area (Å²) in [6.45, 7) is 2.82. The number of aromatic nitrogens is 1. The molecule has 2 aromatic heterocycles. The number of anilines is 3. The summed E-state index contributed by atoms with van der Waals surface area (Å²) in [6, 6.07) is 16.1. The predicted octanol–water partition coefficient (Wildman–Crippen LogP) is 5.46. The molecule has 0 spiro atoms. The zero-order chi connectivity index (χ0) is 30.8. The summed E-state index contributed by atoms with van der Waals surface area (Å²) in [6.07, 6.45) is 3.46. The van der Waals surface area contributed by atoms with Gasteiger partial charge in [0.2, 0.25) is 5.91 Å². The molecule has 44 heavy (non-hydrogen) atoms. The summed E-state index contributed by atoms with van der Waals surface area (Å²) in [7, 11) is 0. The molecule has 0 radical (unpaired) electrons. The fraction of sp³-hybridized carbons (Fsp3) is 0.290. The Morgan fingerprint density at radius 1 is 1.16 bits per heavy atom. The highest BCUT2D eigenvalue weighted by Gasteiger charge is 2.34. The Bertz CT molecular complexity index is 1760. The number of aryl methyl sites for hydroxylation is 1. The number of hydrogen-bond acceptors (Lipinski definition) is 8. The maximum Gasteiger partial charge on any atom is 0.331 e. The fourth-order valence-corrected chi connectivity index (χ4v) is 7.02. The van der Waals surface area contributed by atoms with Crippen molar-refractivity contribution in [3.05, 3.63) is 71.2 Å². The fourth-order valence-electron chi connectivity index (χ4n) is 5.62. The van der Waals surface area contributed by atoms with Gasteiger partial charge in [0.25, 0.3) is 5.91 Å². The lowest BCUT2D eigenvalue weighted by Crippen LogP contribution is -2.49. The number of carbonyl (C=O) groups is 3. The van der Waals surface area contributed by atoms with Gasteiger partial charge < -0.3 is 24.8 Å². The van der Waals surface area contributed by atoms with Crippen LogP contribution in [-0.4, -0.2) is 61.4 Å². The minimum absolute atomic E-state index is 0.0544. The molecule has 11 nitrogen and oxygen atoms in total. The van der Waals surface area contributed by atoms with Gasteiger partial charge in [0, 0.05) is 37.5 Å². The van der Waals surface area contributed by atoms with Gasteiger partial charge in [-0.3, -0.25) is 18.7 Å². The number of urea groups is 1. The highest BCUT2D eigenvalue weighted by Crippen LogP contribution is 2.46. The normalized spacial score (nSPS) is 16.9. The van der Waals surface area contributed by atoms with E-state index < -0.39 is 17.1 Å². The standard InChI is InChI=1S/C31H31N5O6S2/c1-19-17-22(42-21-8-3-2-4-9-21)11-12-23(19)36-24-13-14-32-30-26(24)27(34-31(36)39)28(43-30)29(38)33-20-7-5-15-35(18-20)25(37)10-6-16-44(40)41/h2-4,8-9,11-14,17,20H,5-7,10,15-16,18H2,1H3,(H,33,38)(H,34,39)(H,40,41)/p-1/t20-/m1/s1. The van der Waals surface area contributed by atoms with Crippen LogP contribution in [0.1, 0.15) is 40.9 Å². The number of carbonyl (C=O) groups excluding carboxylic acids is 3. The van der Waals surface area contributed by atoms with E-state index in [9.17, 15) is 23.1 Å². The van der Waals surface area contributed by atoms with Crippen LogP contribution < -0.4 is 20.3 Å². The first-order chi connectivity index (χ1) is 21.3. The molecule has 2 aromatic carbocycles. The Kier molecular flexibility index (Phi) is 8.60. The number of thiophene rings is 1. The van der Waals surface area contributed by atoms with E-state index in [-0.39, 0.29) is 36.5 Å². The first-order valence-corrected chi connectivity index (χ1v) is 16.3. The maximum absolute atomic E-state index is 13.6. The molecule has 6 rings (SSSR count). The predicted molar refractivity (Wildman–Crippen MR) is 169 cm³/mol. The minimum Gasteiger partial charge on any atom is -0.772 e. The van der Waals surface area contributed by atoms with E-state index in [1.165, 1.54) is 11.3 Å². The lowest BCUT2D eigenvalue weighted by molar-refractivity contribution is -0.132. The molecular weight excluding hydrogens is 603 g/mol. The maximum atomic E-state index is 13.6. The van der Waals surface area contributed by atoms with Crippen molar-refractivity contribution in [2.75, 3.05) is 29.1 Å². The number of amides is 4. The van der Waals surface area contributed by atoms with E-state index in [4.69, 9.17) is 4.74 Å². The van der Waals surface area contributed by atoms with Crippen LogP contribution in [0.3, 0.4) is 0 Å². The Morgan fingerprint density at radius 3 is 2.75 bits per heavy atom. The number of nitrogens with one attached hydrogen (secondary N) is 2. The van der Waals surface area contributed by atoms with Gasteiger partial charge in [-0.05, 0) is 68.1 Å². The van der Waals surface area contributed by atoms with Crippen LogP contribution in [0.2, 0.25) is 0 Å². The van der Waals surface area contributed by atoms with Gasteiger partial charge in [-0.1, -0.05) is 29.3 Å². The van der Waals surface area contributed by atoms with Crippen molar-refractivity contribution < 1.29 is 27.9 Å². The van der Waals surface area contributed by atoms with E-state index in [0.717, 1.165) is 12.0 Å². The van der Waals surface area contributed by atoms with E-state index in [1.54, 1.807) is 22.1 Å². The molecule has 4 amide bonds. The minimum atomic E-state index is -2.18. The first-order valence-electron chi connectivity index (χ1n) is 14.3. The number of likely N-dealkylation sites (tertiary alicyclic amines) is 1. The first kappa shape index (κ1) is 29.7. The molecule has 2 atom stereocenters. The molecule has 2 aliphatic heterocycles. The Balaban J connectivity index is 1.21. The average Bonchev–Trinajstić information content (AvgIpc) is 3.38. The number of benzene rings is 2. The van der Waals surface area contributed by atoms with Crippen molar-refractivity contribution in [2.45, 2.75) is 38.6 Å². The van der Waals surface area contributed by atoms with Crippen molar-refractivity contribution >= 4 is 67.5 Å². The van der Waals surface area contributed by atoms with E-state index >= 15 is 0 Å². The molecule has 228 valence electrons. The summed E-state index contributed by atoms with van der Waals surface area (Å²) in [5.41, 5.74) is 2.54. The lowest BCUT2D eigenvalue weighted by atomic mass is 10.0. The Morgan fingerprint density at radius 2 is 1.98 bits per heavy atom.